The summed E-state index contributed by atoms with van der Waals surface area (Å²) in [4.78, 5) is 0. The summed E-state index contributed by atoms with van der Waals surface area (Å²) >= 11 is 0. The summed E-state index contributed by atoms with van der Waals surface area (Å²) in [7, 11) is 0. The first-order valence-electron chi connectivity index (χ1n) is 6.17. The third-order valence-corrected chi connectivity index (χ3v) is 3.26. The lowest BCUT2D eigenvalue weighted by atomic mass is 9.87. The fraction of sp³-hybridized carbons (Fsp3) is 0.250. The lowest BCUT2D eigenvalue weighted by molar-refractivity contribution is 0.449. The zero-order chi connectivity index (χ0) is 13.0. The van der Waals surface area contributed by atoms with Crippen LogP contribution in [0.25, 0.3) is 0 Å². The first-order chi connectivity index (χ1) is 8.58. The van der Waals surface area contributed by atoms with E-state index >= 15 is 0 Å². The van der Waals surface area contributed by atoms with E-state index < -0.39 is 5.54 Å². The van der Waals surface area contributed by atoms with E-state index in [2.05, 4.69) is 12.1 Å². The van der Waals surface area contributed by atoms with Gasteiger partial charge >= 0.3 is 0 Å². The molecule has 1 atom stereocenters. The smallest absolute Gasteiger partial charge is 0.123 e. The van der Waals surface area contributed by atoms with Gasteiger partial charge in [0.15, 0.2) is 0 Å². The molecule has 2 N–H and O–H groups in total. The van der Waals surface area contributed by atoms with Gasteiger partial charge in [0, 0.05) is 5.54 Å². The van der Waals surface area contributed by atoms with Gasteiger partial charge in [-0.2, -0.15) is 0 Å². The second-order valence-corrected chi connectivity index (χ2v) is 4.91. The van der Waals surface area contributed by atoms with Crippen molar-refractivity contribution < 1.29 is 4.39 Å². The van der Waals surface area contributed by atoms with Crippen LogP contribution in [0.2, 0.25) is 0 Å². The molecule has 2 aromatic carbocycles. The third-order valence-electron chi connectivity index (χ3n) is 3.26. The summed E-state index contributed by atoms with van der Waals surface area (Å²) < 4.78 is 13.2. The maximum atomic E-state index is 13.2. The molecule has 0 radical (unpaired) electrons. The van der Waals surface area contributed by atoms with Crippen molar-refractivity contribution in [2.45, 2.75) is 25.3 Å². The molecule has 0 saturated heterocycles. The maximum Gasteiger partial charge on any atom is 0.123 e. The van der Waals surface area contributed by atoms with Crippen LogP contribution in [-0.4, -0.2) is 0 Å². The Hall–Kier alpha value is -1.67. The molecule has 2 aromatic rings. The van der Waals surface area contributed by atoms with Gasteiger partial charge in [-0.25, -0.2) is 4.39 Å². The Morgan fingerprint density at radius 3 is 2.44 bits per heavy atom. The van der Waals surface area contributed by atoms with Crippen molar-refractivity contribution in [1.29, 1.82) is 0 Å². The molecule has 1 unspecified atom stereocenters. The van der Waals surface area contributed by atoms with Crippen molar-refractivity contribution in [3.05, 3.63) is 71.5 Å². The number of aryl methyl sites for hydroxylation is 1. The highest BCUT2D eigenvalue weighted by molar-refractivity contribution is 5.25. The molecule has 2 heteroatoms. The summed E-state index contributed by atoms with van der Waals surface area (Å²) in [5.74, 6) is -0.233. The average Bonchev–Trinajstić information content (AvgIpc) is 2.38. The predicted molar refractivity (Wildman–Crippen MR) is 72.7 cm³/mol. The quantitative estimate of drug-likeness (QED) is 0.871. The van der Waals surface area contributed by atoms with Gasteiger partial charge in [-0.15, -0.1) is 0 Å². The van der Waals surface area contributed by atoms with Gasteiger partial charge in [-0.1, -0.05) is 42.5 Å². The van der Waals surface area contributed by atoms with Crippen LogP contribution >= 0.6 is 0 Å². The summed E-state index contributed by atoms with van der Waals surface area (Å²) in [5, 5.41) is 0. The van der Waals surface area contributed by atoms with E-state index in [4.69, 9.17) is 5.73 Å². The molecule has 0 amide bonds. The molecule has 0 aromatic heterocycles. The fourth-order valence-electron chi connectivity index (χ4n) is 2.04. The van der Waals surface area contributed by atoms with E-state index in [9.17, 15) is 4.39 Å². The number of benzene rings is 2. The summed E-state index contributed by atoms with van der Waals surface area (Å²) in [6, 6.07) is 16.8. The van der Waals surface area contributed by atoms with Crippen LogP contribution in [0.3, 0.4) is 0 Å². The summed E-state index contributed by atoms with van der Waals surface area (Å²) in [6.07, 6.45) is 1.69. The summed E-state index contributed by atoms with van der Waals surface area (Å²) in [6.45, 7) is 1.95. The van der Waals surface area contributed by atoms with Gasteiger partial charge in [0.05, 0.1) is 0 Å². The Labute approximate surface area is 107 Å². The van der Waals surface area contributed by atoms with Crippen LogP contribution in [0.15, 0.2) is 54.6 Å². The van der Waals surface area contributed by atoms with Crippen LogP contribution in [0.5, 0.6) is 0 Å². The SMILES string of the molecule is CC(N)(CCc1ccccc1)c1cccc(F)c1. The second kappa shape index (κ2) is 5.32. The Balaban J connectivity index is 2.08. The lowest BCUT2D eigenvalue weighted by Gasteiger charge is -2.25. The van der Waals surface area contributed by atoms with E-state index in [1.54, 1.807) is 6.07 Å². The van der Waals surface area contributed by atoms with Gasteiger partial charge in [0.2, 0.25) is 0 Å². The molecule has 0 heterocycles. The first kappa shape index (κ1) is 12.8. The molecular weight excluding hydrogens is 225 g/mol. The van der Waals surface area contributed by atoms with Crippen molar-refractivity contribution >= 4 is 0 Å². The maximum absolute atomic E-state index is 13.2. The third kappa shape index (κ3) is 3.17. The van der Waals surface area contributed by atoms with Crippen LogP contribution in [0, 0.1) is 5.82 Å². The highest BCUT2D eigenvalue weighted by atomic mass is 19.1. The molecule has 0 aliphatic heterocycles. The van der Waals surface area contributed by atoms with E-state index in [1.807, 2.05) is 31.2 Å². The minimum atomic E-state index is -0.502. The largest absolute Gasteiger partial charge is 0.322 e. The monoisotopic (exact) mass is 243 g/mol. The molecular formula is C16H18FN. The molecule has 2 rings (SSSR count). The van der Waals surface area contributed by atoms with Crippen molar-refractivity contribution in [3.63, 3.8) is 0 Å². The number of rotatable bonds is 4. The standard InChI is InChI=1S/C16H18FN/c1-16(18,14-8-5-9-15(17)12-14)11-10-13-6-3-2-4-7-13/h2-9,12H,10-11,18H2,1H3. The Kier molecular flexibility index (Phi) is 3.78. The molecule has 94 valence electrons. The van der Waals surface area contributed by atoms with E-state index in [1.165, 1.54) is 17.7 Å². The molecule has 0 aliphatic carbocycles. The molecule has 0 bridgehead atoms. The zero-order valence-corrected chi connectivity index (χ0v) is 10.6. The van der Waals surface area contributed by atoms with Gasteiger partial charge in [-0.3, -0.25) is 0 Å². The normalized spacial score (nSPS) is 14.2. The predicted octanol–water partition coefficient (Wildman–Crippen LogP) is 3.63. The summed E-state index contributed by atoms with van der Waals surface area (Å²) in [5.41, 5.74) is 7.89. The van der Waals surface area contributed by atoms with Crippen molar-refractivity contribution in [2.24, 2.45) is 5.73 Å². The van der Waals surface area contributed by atoms with Crippen LogP contribution in [-0.2, 0) is 12.0 Å². The Morgan fingerprint density at radius 1 is 1.06 bits per heavy atom. The molecule has 0 fully saturated rings. The van der Waals surface area contributed by atoms with Crippen LogP contribution in [0.1, 0.15) is 24.5 Å². The van der Waals surface area contributed by atoms with E-state index in [0.717, 1.165) is 18.4 Å². The van der Waals surface area contributed by atoms with Crippen molar-refractivity contribution in [1.82, 2.24) is 0 Å². The van der Waals surface area contributed by atoms with Gasteiger partial charge in [0.25, 0.3) is 0 Å². The topological polar surface area (TPSA) is 26.0 Å². The van der Waals surface area contributed by atoms with E-state index in [0.29, 0.717) is 0 Å². The molecule has 0 spiro atoms. The molecule has 18 heavy (non-hydrogen) atoms. The number of halogens is 1. The minimum Gasteiger partial charge on any atom is -0.322 e. The molecule has 0 aliphatic rings. The molecule has 0 saturated carbocycles. The second-order valence-electron chi connectivity index (χ2n) is 4.91. The highest BCUT2D eigenvalue weighted by Crippen LogP contribution is 2.24. The average molecular weight is 243 g/mol. The van der Waals surface area contributed by atoms with Gasteiger partial charge in [-0.05, 0) is 43.0 Å². The van der Waals surface area contributed by atoms with Gasteiger partial charge < -0.3 is 5.73 Å². The van der Waals surface area contributed by atoms with Crippen molar-refractivity contribution in [2.75, 3.05) is 0 Å². The first-order valence-corrected chi connectivity index (χ1v) is 6.17. The van der Waals surface area contributed by atoms with Crippen LogP contribution < -0.4 is 5.73 Å². The van der Waals surface area contributed by atoms with Crippen LogP contribution in [0.4, 0.5) is 4.39 Å². The highest BCUT2D eigenvalue weighted by Gasteiger charge is 2.21. The molecule has 1 nitrogen and oxygen atoms in total. The minimum absolute atomic E-state index is 0.233. The number of hydrogen-bond donors (Lipinski definition) is 1. The van der Waals surface area contributed by atoms with E-state index in [-0.39, 0.29) is 5.82 Å². The Morgan fingerprint density at radius 2 is 1.78 bits per heavy atom. The number of hydrogen-bond acceptors (Lipinski definition) is 1. The number of nitrogens with two attached hydrogens (primary N) is 1. The fourth-order valence-corrected chi connectivity index (χ4v) is 2.04. The zero-order valence-electron chi connectivity index (χ0n) is 10.6. The van der Waals surface area contributed by atoms with Crippen molar-refractivity contribution in [3.8, 4) is 0 Å². The Bertz CT molecular complexity index is 506. The lowest BCUT2D eigenvalue weighted by Crippen LogP contribution is -2.33. The van der Waals surface area contributed by atoms with Gasteiger partial charge in [0.1, 0.15) is 5.82 Å².